The normalized spacial score (nSPS) is 20.6. The Kier molecular flexibility index (Phi) is 3.83. The third-order valence-electron chi connectivity index (χ3n) is 3.65. The predicted molar refractivity (Wildman–Crippen MR) is 71.3 cm³/mol. The summed E-state index contributed by atoms with van der Waals surface area (Å²) in [6, 6.07) is 1.11. The first-order chi connectivity index (χ1) is 9.80. The zero-order valence-electron chi connectivity index (χ0n) is 11.8. The van der Waals surface area contributed by atoms with Crippen LogP contribution in [-0.2, 0) is 4.74 Å². The second-order valence-corrected chi connectivity index (χ2v) is 4.82. The van der Waals surface area contributed by atoms with E-state index in [2.05, 4.69) is 24.8 Å². The minimum Gasteiger partial charge on any atom is -0.467 e. The zero-order chi connectivity index (χ0) is 13.9. The minimum atomic E-state index is 0.279. The lowest BCUT2D eigenvalue weighted by molar-refractivity contribution is 0.0103. The van der Waals surface area contributed by atoms with Crippen LogP contribution in [0.2, 0.25) is 0 Å². The molecule has 0 amide bonds. The van der Waals surface area contributed by atoms with Crippen LogP contribution < -0.4 is 14.4 Å². The highest BCUT2D eigenvalue weighted by molar-refractivity contribution is 5.37. The number of methoxy groups -OCH3 is 2. The van der Waals surface area contributed by atoms with Crippen LogP contribution in [-0.4, -0.2) is 79.5 Å². The summed E-state index contributed by atoms with van der Waals surface area (Å²) in [7, 11) is 3.07. The van der Waals surface area contributed by atoms with E-state index in [9.17, 15) is 0 Å². The Morgan fingerprint density at radius 1 is 1.00 bits per heavy atom. The molecule has 8 heteroatoms. The van der Waals surface area contributed by atoms with Gasteiger partial charge in [-0.3, -0.25) is 4.90 Å². The Balaban J connectivity index is 1.63. The van der Waals surface area contributed by atoms with Crippen molar-refractivity contribution in [2.24, 2.45) is 0 Å². The maximum atomic E-state index is 5.37. The van der Waals surface area contributed by atoms with Gasteiger partial charge in [0.25, 0.3) is 0 Å². The molecule has 2 saturated heterocycles. The zero-order valence-corrected chi connectivity index (χ0v) is 11.8. The maximum Gasteiger partial charge on any atom is 0.324 e. The van der Waals surface area contributed by atoms with Crippen LogP contribution in [0, 0.1) is 0 Å². The van der Waals surface area contributed by atoms with E-state index in [1.165, 1.54) is 14.2 Å². The Hall–Kier alpha value is -1.67. The molecule has 0 saturated carbocycles. The summed E-state index contributed by atoms with van der Waals surface area (Å²) in [4.78, 5) is 17.1. The number of ether oxygens (including phenoxy) is 3. The molecular formula is C12H19N5O3. The van der Waals surface area contributed by atoms with Gasteiger partial charge in [0.2, 0.25) is 5.95 Å². The van der Waals surface area contributed by atoms with Crippen molar-refractivity contribution in [3.63, 3.8) is 0 Å². The Morgan fingerprint density at radius 3 is 2.15 bits per heavy atom. The molecule has 1 aromatic heterocycles. The first-order valence-corrected chi connectivity index (χ1v) is 6.71. The highest BCUT2D eigenvalue weighted by atomic mass is 16.5. The van der Waals surface area contributed by atoms with E-state index in [0.29, 0.717) is 12.0 Å². The van der Waals surface area contributed by atoms with E-state index in [1.54, 1.807) is 0 Å². The van der Waals surface area contributed by atoms with Gasteiger partial charge in [-0.05, 0) is 0 Å². The molecule has 2 aliphatic rings. The van der Waals surface area contributed by atoms with Gasteiger partial charge in [-0.25, -0.2) is 0 Å². The van der Waals surface area contributed by atoms with Gasteiger partial charge in [0.1, 0.15) is 0 Å². The highest BCUT2D eigenvalue weighted by Gasteiger charge is 2.34. The SMILES string of the molecule is COc1nc(OC)nc(N2CC(N3CCOCC3)C2)n1. The number of rotatable bonds is 4. The molecule has 0 N–H and O–H groups in total. The lowest BCUT2D eigenvalue weighted by atomic mass is 10.1. The Labute approximate surface area is 117 Å². The van der Waals surface area contributed by atoms with Crippen LogP contribution >= 0.6 is 0 Å². The smallest absolute Gasteiger partial charge is 0.324 e. The Morgan fingerprint density at radius 2 is 1.60 bits per heavy atom. The number of aromatic nitrogens is 3. The summed E-state index contributed by atoms with van der Waals surface area (Å²) in [6.07, 6.45) is 0. The summed E-state index contributed by atoms with van der Waals surface area (Å²) in [5.41, 5.74) is 0. The number of hydrogen-bond donors (Lipinski definition) is 0. The van der Waals surface area contributed by atoms with Crippen molar-refractivity contribution in [2.75, 3.05) is 58.5 Å². The number of anilines is 1. The van der Waals surface area contributed by atoms with Crippen LogP contribution in [0.25, 0.3) is 0 Å². The molecular weight excluding hydrogens is 262 g/mol. The number of hydrogen-bond acceptors (Lipinski definition) is 8. The molecule has 0 spiro atoms. The molecule has 1 aromatic rings. The van der Waals surface area contributed by atoms with Crippen LogP contribution in [0.4, 0.5) is 5.95 Å². The van der Waals surface area contributed by atoms with Crippen molar-refractivity contribution in [1.29, 1.82) is 0 Å². The first-order valence-electron chi connectivity index (χ1n) is 6.71. The van der Waals surface area contributed by atoms with Gasteiger partial charge in [0.15, 0.2) is 0 Å². The summed E-state index contributed by atoms with van der Waals surface area (Å²) >= 11 is 0. The number of morpholine rings is 1. The summed E-state index contributed by atoms with van der Waals surface area (Å²) < 4.78 is 15.5. The topological polar surface area (TPSA) is 72.8 Å². The third-order valence-corrected chi connectivity index (χ3v) is 3.65. The average Bonchev–Trinajstić information content (AvgIpc) is 2.46. The average molecular weight is 281 g/mol. The highest BCUT2D eigenvalue weighted by Crippen LogP contribution is 2.23. The molecule has 0 aliphatic carbocycles. The van der Waals surface area contributed by atoms with Crippen LogP contribution in [0.5, 0.6) is 12.0 Å². The van der Waals surface area contributed by atoms with Crippen LogP contribution in [0.15, 0.2) is 0 Å². The van der Waals surface area contributed by atoms with Gasteiger partial charge in [0.05, 0.1) is 27.4 Å². The molecule has 0 aromatic carbocycles. The van der Waals surface area contributed by atoms with E-state index < -0.39 is 0 Å². The fourth-order valence-corrected chi connectivity index (χ4v) is 2.44. The molecule has 0 bridgehead atoms. The first kappa shape index (κ1) is 13.3. The quantitative estimate of drug-likeness (QED) is 0.725. The second kappa shape index (κ2) is 5.76. The second-order valence-electron chi connectivity index (χ2n) is 4.82. The van der Waals surface area contributed by atoms with Crippen molar-refractivity contribution < 1.29 is 14.2 Å². The predicted octanol–water partition coefficient (Wildman–Crippen LogP) is -0.590. The molecule has 0 radical (unpaired) electrons. The lowest BCUT2D eigenvalue weighted by Gasteiger charge is -2.46. The van der Waals surface area contributed by atoms with Crippen molar-refractivity contribution in [3.05, 3.63) is 0 Å². The summed E-state index contributed by atoms with van der Waals surface area (Å²) in [5, 5.41) is 0. The molecule has 2 fully saturated rings. The van der Waals surface area contributed by atoms with Gasteiger partial charge in [-0.1, -0.05) is 0 Å². The molecule has 8 nitrogen and oxygen atoms in total. The van der Waals surface area contributed by atoms with Gasteiger partial charge in [-0.2, -0.15) is 9.97 Å². The molecule has 3 heterocycles. The summed E-state index contributed by atoms with van der Waals surface area (Å²) in [6.45, 7) is 5.48. The molecule has 2 aliphatic heterocycles. The standard InChI is InChI=1S/C12H19N5O3/c1-18-11-13-10(14-12(15-11)19-2)17-7-9(8-17)16-3-5-20-6-4-16/h9H,3-8H2,1-2H3. The molecule has 110 valence electrons. The lowest BCUT2D eigenvalue weighted by Crippen LogP contribution is -2.62. The van der Waals surface area contributed by atoms with Gasteiger partial charge < -0.3 is 19.1 Å². The molecule has 20 heavy (non-hydrogen) atoms. The van der Waals surface area contributed by atoms with E-state index in [1.807, 2.05) is 0 Å². The van der Waals surface area contributed by atoms with E-state index in [0.717, 1.165) is 39.4 Å². The fourth-order valence-electron chi connectivity index (χ4n) is 2.44. The maximum absolute atomic E-state index is 5.37. The van der Waals surface area contributed by atoms with Crippen LogP contribution in [0.1, 0.15) is 0 Å². The van der Waals surface area contributed by atoms with E-state index in [4.69, 9.17) is 14.2 Å². The van der Waals surface area contributed by atoms with Crippen molar-refractivity contribution in [3.8, 4) is 12.0 Å². The molecule has 3 rings (SSSR count). The van der Waals surface area contributed by atoms with Gasteiger partial charge in [-0.15, -0.1) is 4.98 Å². The monoisotopic (exact) mass is 281 g/mol. The number of nitrogens with zero attached hydrogens (tertiary/aromatic N) is 5. The largest absolute Gasteiger partial charge is 0.467 e. The fraction of sp³-hybridized carbons (Fsp3) is 0.750. The van der Waals surface area contributed by atoms with E-state index >= 15 is 0 Å². The van der Waals surface area contributed by atoms with Crippen molar-refractivity contribution in [1.82, 2.24) is 19.9 Å². The molecule has 0 atom stereocenters. The molecule has 0 unspecified atom stereocenters. The third kappa shape index (κ3) is 2.61. The van der Waals surface area contributed by atoms with Gasteiger partial charge >= 0.3 is 12.0 Å². The van der Waals surface area contributed by atoms with Gasteiger partial charge in [0, 0.05) is 32.2 Å². The summed E-state index contributed by atoms with van der Waals surface area (Å²) in [5.74, 6) is 0.609. The van der Waals surface area contributed by atoms with Crippen molar-refractivity contribution >= 4 is 5.95 Å². The van der Waals surface area contributed by atoms with Crippen LogP contribution in [0.3, 0.4) is 0 Å². The minimum absolute atomic E-state index is 0.279. The Bertz CT molecular complexity index is 438. The van der Waals surface area contributed by atoms with E-state index in [-0.39, 0.29) is 12.0 Å². The van der Waals surface area contributed by atoms with Crippen molar-refractivity contribution in [2.45, 2.75) is 6.04 Å².